The molecule has 1 aliphatic rings. The summed E-state index contributed by atoms with van der Waals surface area (Å²) in [7, 11) is 0. The molecule has 0 bridgehead atoms. The van der Waals surface area contributed by atoms with Crippen LogP contribution in [0.25, 0.3) is 0 Å². The number of nitrogens with one attached hydrogen (secondary N) is 1. The second-order valence-corrected chi connectivity index (χ2v) is 5.51. The molecule has 0 radical (unpaired) electrons. The molecule has 0 saturated carbocycles. The minimum Gasteiger partial charge on any atom is -0.462 e. The molecule has 0 spiro atoms. The Morgan fingerprint density at radius 3 is 2.75 bits per heavy atom. The molecule has 1 amide bonds. The third kappa shape index (κ3) is 6.86. The van der Waals surface area contributed by atoms with Crippen molar-refractivity contribution in [1.29, 1.82) is 0 Å². The summed E-state index contributed by atoms with van der Waals surface area (Å²) in [6.07, 6.45) is 1.83. The molecule has 1 aromatic rings. The van der Waals surface area contributed by atoms with E-state index in [2.05, 4.69) is 5.32 Å². The molecule has 0 aliphatic carbocycles. The number of morpholine rings is 1. The predicted molar refractivity (Wildman–Crippen MR) is 94.8 cm³/mol. The summed E-state index contributed by atoms with van der Waals surface area (Å²) in [5.74, 6) is -0.453. The average molecular weight is 357 g/mol. The van der Waals surface area contributed by atoms with Crippen LogP contribution in [0.2, 0.25) is 0 Å². The molecule has 0 unspecified atom stereocenters. The molecule has 1 aliphatic heterocycles. The van der Waals surface area contributed by atoms with E-state index < -0.39 is 0 Å². The number of benzene rings is 1. The topological polar surface area (TPSA) is 67.9 Å². The Kier molecular flexibility index (Phi) is 9.37. The third-order valence-corrected chi connectivity index (χ3v) is 3.58. The van der Waals surface area contributed by atoms with Crippen molar-refractivity contribution in [3.8, 4) is 0 Å². The fourth-order valence-corrected chi connectivity index (χ4v) is 2.28. The van der Waals surface area contributed by atoms with Gasteiger partial charge in [0.2, 0.25) is 5.91 Å². The predicted octanol–water partition coefficient (Wildman–Crippen LogP) is 2.34. The van der Waals surface area contributed by atoms with Crippen molar-refractivity contribution in [2.24, 2.45) is 0 Å². The zero-order chi connectivity index (χ0) is 16.5. The van der Waals surface area contributed by atoms with E-state index in [1.807, 2.05) is 11.8 Å². The number of ether oxygens (including phenoxy) is 2. The highest BCUT2D eigenvalue weighted by Gasteiger charge is 2.15. The van der Waals surface area contributed by atoms with Gasteiger partial charge in [-0.3, -0.25) is 9.69 Å². The first-order chi connectivity index (χ1) is 11.2. The van der Waals surface area contributed by atoms with Crippen molar-refractivity contribution >= 4 is 30.0 Å². The maximum Gasteiger partial charge on any atom is 0.338 e. The second kappa shape index (κ2) is 11.0. The SMILES string of the molecule is CCCCOC(=O)c1cccc(NC(=O)CN2CCOCC2)c1.Cl. The minimum absolute atomic E-state index is 0. The number of esters is 1. The van der Waals surface area contributed by atoms with E-state index in [1.54, 1.807) is 24.3 Å². The summed E-state index contributed by atoms with van der Waals surface area (Å²) in [6, 6.07) is 6.83. The smallest absolute Gasteiger partial charge is 0.338 e. The van der Waals surface area contributed by atoms with Crippen LogP contribution in [0, 0.1) is 0 Å². The molecule has 2 rings (SSSR count). The van der Waals surface area contributed by atoms with Crippen LogP contribution in [-0.2, 0) is 14.3 Å². The first-order valence-electron chi connectivity index (χ1n) is 8.06. The van der Waals surface area contributed by atoms with E-state index >= 15 is 0 Å². The van der Waals surface area contributed by atoms with Gasteiger partial charge in [-0.1, -0.05) is 19.4 Å². The Balaban J connectivity index is 0.00000288. The van der Waals surface area contributed by atoms with Crippen LogP contribution in [0.3, 0.4) is 0 Å². The molecule has 1 saturated heterocycles. The van der Waals surface area contributed by atoms with Crippen molar-refractivity contribution in [2.45, 2.75) is 19.8 Å². The lowest BCUT2D eigenvalue weighted by Gasteiger charge is -2.25. The lowest BCUT2D eigenvalue weighted by atomic mass is 10.2. The van der Waals surface area contributed by atoms with Gasteiger partial charge >= 0.3 is 5.97 Å². The van der Waals surface area contributed by atoms with Gasteiger partial charge in [-0.2, -0.15) is 0 Å². The number of halogens is 1. The van der Waals surface area contributed by atoms with Crippen LogP contribution in [-0.4, -0.2) is 56.2 Å². The van der Waals surface area contributed by atoms with E-state index in [1.165, 1.54) is 0 Å². The number of hydrogen-bond donors (Lipinski definition) is 1. The van der Waals surface area contributed by atoms with Crippen LogP contribution >= 0.6 is 12.4 Å². The van der Waals surface area contributed by atoms with Crippen LogP contribution in [0.5, 0.6) is 0 Å². The van der Waals surface area contributed by atoms with Crippen LogP contribution in [0.4, 0.5) is 5.69 Å². The summed E-state index contributed by atoms with van der Waals surface area (Å²) >= 11 is 0. The van der Waals surface area contributed by atoms with Crippen molar-refractivity contribution in [2.75, 3.05) is 44.8 Å². The van der Waals surface area contributed by atoms with Gasteiger partial charge in [-0.15, -0.1) is 12.4 Å². The normalized spacial score (nSPS) is 14.5. The number of anilines is 1. The molecular weight excluding hydrogens is 332 g/mol. The highest BCUT2D eigenvalue weighted by molar-refractivity contribution is 5.95. The maximum atomic E-state index is 12.1. The fraction of sp³-hybridized carbons (Fsp3) is 0.529. The molecule has 0 atom stereocenters. The summed E-state index contributed by atoms with van der Waals surface area (Å²) < 4.78 is 10.4. The highest BCUT2D eigenvalue weighted by atomic mass is 35.5. The van der Waals surface area contributed by atoms with Crippen molar-refractivity contribution < 1.29 is 19.1 Å². The number of rotatable bonds is 7. The van der Waals surface area contributed by atoms with Gasteiger partial charge in [0.15, 0.2) is 0 Å². The number of carbonyl (C=O) groups excluding carboxylic acids is 2. The third-order valence-electron chi connectivity index (χ3n) is 3.58. The van der Waals surface area contributed by atoms with Gasteiger partial charge < -0.3 is 14.8 Å². The Hall–Kier alpha value is -1.63. The van der Waals surface area contributed by atoms with Gasteiger partial charge in [0, 0.05) is 18.8 Å². The van der Waals surface area contributed by atoms with E-state index in [-0.39, 0.29) is 24.3 Å². The van der Waals surface area contributed by atoms with Crippen LogP contribution in [0.1, 0.15) is 30.1 Å². The molecule has 134 valence electrons. The molecule has 1 fully saturated rings. The van der Waals surface area contributed by atoms with Gasteiger partial charge in [0.1, 0.15) is 0 Å². The Bertz CT molecular complexity index is 533. The summed E-state index contributed by atoms with van der Waals surface area (Å²) in [5.41, 5.74) is 1.05. The van der Waals surface area contributed by atoms with E-state index in [9.17, 15) is 9.59 Å². The zero-order valence-electron chi connectivity index (χ0n) is 14.0. The van der Waals surface area contributed by atoms with Crippen molar-refractivity contribution in [3.63, 3.8) is 0 Å². The molecule has 7 heteroatoms. The number of hydrogen-bond acceptors (Lipinski definition) is 5. The Labute approximate surface area is 148 Å². The Morgan fingerprint density at radius 1 is 1.29 bits per heavy atom. The Morgan fingerprint density at radius 2 is 2.04 bits per heavy atom. The molecule has 1 N–H and O–H groups in total. The minimum atomic E-state index is -0.359. The fourth-order valence-electron chi connectivity index (χ4n) is 2.28. The lowest BCUT2D eigenvalue weighted by Crippen LogP contribution is -2.41. The van der Waals surface area contributed by atoms with Crippen molar-refractivity contribution in [3.05, 3.63) is 29.8 Å². The van der Waals surface area contributed by atoms with Gasteiger partial charge in [-0.25, -0.2) is 4.79 Å². The van der Waals surface area contributed by atoms with E-state index in [0.29, 0.717) is 37.6 Å². The van der Waals surface area contributed by atoms with Gasteiger partial charge in [-0.05, 0) is 24.6 Å². The molecule has 6 nitrogen and oxygen atoms in total. The number of nitrogens with zero attached hydrogens (tertiary/aromatic N) is 1. The summed E-state index contributed by atoms with van der Waals surface area (Å²) in [4.78, 5) is 26.0. The van der Waals surface area contributed by atoms with E-state index in [0.717, 1.165) is 25.9 Å². The first-order valence-corrected chi connectivity index (χ1v) is 8.06. The number of amides is 1. The lowest BCUT2D eigenvalue weighted by molar-refractivity contribution is -0.118. The largest absolute Gasteiger partial charge is 0.462 e. The standard InChI is InChI=1S/C17H24N2O4.ClH/c1-2-3-9-23-17(21)14-5-4-6-15(12-14)18-16(20)13-19-7-10-22-11-8-19;/h4-6,12H,2-3,7-11,13H2,1H3,(H,18,20);1H. The quantitative estimate of drug-likeness (QED) is 0.600. The molecule has 0 aromatic heterocycles. The number of unbranched alkanes of at least 4 members (excludes halogenated alkanes) is 1. The van der Waals surface area contributed by atoms with Gasteiger partial charge in [0.05, 0.1) is 31.9 Å². The first kappa shape index (κ1) is 20.4. The average Bonchev–Trinajstić information content (AvgIpc) is 2.56. The van der Waals surface area contributed by atoms with Crippen LogP contribution in [0.15, 0.2) is 24.3 Å². The summed E-state index contributed by atoms with van der Waals surface area (Å²) in [5, 5.41) is 2.82. The van der Waals surface area contributed by atoms with Crippen molar-refractivity contribution in [1.82, 2.24) is 4.90 Å². The molecule has 1 aromatic carbocycles. The highest BCUT2D eigenvalue weighted by Crippen LogP contribution is 2.12. The molecule has 24 heavy (non-hydrogen) atoms. The van der Waals surface area contributed by atoms with E-state index in [4.69, 9.17) is 9.47 Å². The van der Waals surface area contributed by atoms with Crippen LogP contribution < -0.4 is 5.32 Å². The second-order valence-electron chi connectivity index (χ2n) is 5.51. The number of carbonyl (C=O) groups is 2. The maximum absolute atomic E-state index is 12.1. The molecular formula is C17H25ClN2O4. The zero-order valence-corrected chi connectivity index (χ0v) is 14.8. The van der Waals surface area contributed by atoms with Gasteiger partial charge in [0.25, 0.3) is 0 Å². The monoisotopic (exact) mass is 356 g/mol. The summed E-state index contributed by atoms with van der Waals surface area (Å²) in [6.45, 7) is 5.63. The molecule has 1 heterocycles.